The minimum atomic E-state index is 0.459. The first-order valence-electron chi connectivity index (χ1n) is 6.83. The summed E-state index contributed by atoms with van der Waals surface area (Å²) in [5, 5.41) is 8.02. The van der Waals surface area contributed by atoms with E-state index in [-0.39, 0.29) is 0 Å². The molecule has 0 saturated carbocycles. The van der Waals surface area contributed by atoms with E-state index in [2.05, 4.69) is 47.7 Å². The highest BCUT2D eigenvalue weighted by atomic mass is 15.3. The molecule has 0 saturated heterocycles. The van der Waals surface area contributed by atoms with E-state index in [0.717, 1.165) is 30.3 Å². The third-order valence-corrected chi connectivity index (χ3v) is 3.26. The maximum atomic E-state index is 4.55. The molecule has 19 heavy (non-hydrogen) atoms. The van der Waals surface area contributed by atoms with E-state index in [1.54, 1.807) is 0 Å². The van der Waals surface area contributed by atoms with Gasteiger partial charge in [-0.25, -0.2) is 4.98 Å². The minimum absolute atomic E-state index is 0.459. The fourth-order valence-electron chi connectivity index (χ4n) is 2.29. The fourth-order valence-corrected chi connectivity index (χ4v) is 2.29. The van der Waals surface area contributed by atoms with Gasteiger partial charge in [0.2, 0.25) is 0 Å². The summed E-state index contributed by atoms with van der Waals surface area (Å²) in [4.78, 5) is 4.40. The van der Waals surface area contributed by atoms with Crippen LogP contribution >= 0.6 is 0 Å². The molecular weight excluding hydrogens is 238 g/mol. The van der Waals surface area contributed by atoms with Crippen LogP contribution < -0.4 is 5.32 Å². The Morgan fingerprint density at radius 2 is 2.11 bits per heavy atom. The van der Waals surface area contributed by atoms with Crippen molar-refractivity contribution in [1.29, 1.82) is 0 Å². The van der Waals surface area contributed by atoms with Crippen LogP contribution in [0.3, 0.4) is 0 Å². The Bertz CT molecular complexity index is 550. The second-order valence-corrected chi connectivity index (χ2v) is 5.11. The SMILES string of the molecule is CCc1nccn1-c1c(CNC(C)C)c(C)nn1C. The van der Waals surface area contributed by atoms with Crippen molar-refractivity contribution >= 4 is 0 Å². The molecule has 0 aromatic carbocycles. The molecule has 0 unspecified atom stereocenters. The Morgan fingerprint density at radius 3 is 2.74 bits per heavy atom. The van der Waals surface area contributed by atoms with Crippen molar-refractivity contribution in [3.63, 3.8) is 0 Å². The molecule has 2 heterocycles. The third kappa shape index (κ3) is 2.71. The molecule has 0 bridgehead atoms. The van der Waals surface area contributed by atoms with Gasteiger partial charge in [0.1, 0.15) is 11.6 Å². The van der Waals surface area contributed by atoms with Gasteiger partial charge in [-0.05, 0) is 6.92 Å². The van der Waals surface area contributed by atoms with Gasteiger partial charge >= 0.3 is 0 Å². The number of hydrogen-bond donors (Lipinski definition) is 1. The number of imidazole rings is 1. The highest BCUT2D eigenvalue weighted by Gasteiger charge is 2.16. The van der Waals surface area contributed by atoms with Gasteiger partial charge in [0.25, 0.3) is 0 Å². The summed E-state index contributed by atoms with van der Waals surface area (Å²) >= 11 is 0. The summed E-state index contributed by atoms with van der Waals surface area (Å²) in [5.41, 5.74) is 2.31. The third-order valence-electron chi connectivity index (χ3n) is 3.26. The van der Waals surface area contributed by atoms with E-state index >= 15 is 0 Å². The van der Waals surface area contributed by atoms with Gasteiger partial charge in [-0.15, -0.1) is 0 Å². The van der Waals surface area contributed by atoms with E-state index in [4.69, 9.17) is 0 Å². The second kappa shape index (κ2) is 5.57. The topological polar surface area (TPSA) is 47.7 Å². The Balaban J connectivity index is 2.44. The van der Waals surface area contributed by atoms with Gasteiger partial charge in [0.15, 0.2) is 0 Å². The van der Waals surface area contributed by atoms with Crippen LogP contribution in [0.1, 0.15) is 37.9 Å². The Morgan fingerprint density at radius 1 is 1.37 bits per heavy atom. The Kier molecular flexibility index (Phi) is 4.04. The van der Waals surface area contributed by atoms with Crippen molar-refractivity contribution < 1.29 is 0 Å². The van der Waals surface area contributed by atoms with Crippen molar-refractivity contribution in [1.82, 2.24) is 24.6 Å². The molecule has 2 rings (SSSR count). The first-order valence-corrected chi connectivity index (χ1v) is 6.83. The van der Waals surface area contributed by atoms with Gasteiger partial charge in [-0.3, -0.25) is 9.25 Å². The molecule has 0 radical (unpaired) electrons. The molecule has 0 aliphatic rings. The average Bonchev–Trinajstić information content (AvgIpc) is 2.90. The highest BCUT2D eigenvalue weighted by molar-refractivity contribution is 5.39. The fraction of sp³-hybridized carbons (Fsp3) is 0.571. The molecule has 0 aliphatic heterocycles. The summed E-state index contributed by atoms with van der Waals surface area (Å²) in [5.74, 6) is 2.17. The summed E-state index contributed by atoms with van der Waals surface area (Å²) in [6.45, 7) is 9.31. The number of rotatable bonds is 5. The van der Waals surface area contributed by atoms with Gasteiger partial charge in [-0.1, -0.05) is 20.8 Å². The monoisotopic (exact) mass is 261 g/mol. The van der Waals surface area contributed by atoms with Crippen molar-refractivity contribution in [2.24, 2.45) is 7.05 Å². The number of aromatic nitrogens is 4. The molecule has 1 N–H and O–H groups in total. The number of nitrogens with zero attached hydrogens (tertiary/aromatic N) is 4. The van der Waals surface area contributed by atoms with E-state index in [9.17, 15) is 0 Å². The summed E-state index contributed by atoms with van der Waals surface area (Å²) < 4.78 is 4.07. The van der Waals surface area contributed by atoms with Crippen LogP contribution in [0.2, 0.25) is 0 Å². The zero-order chi connectivity index (χ0) is 14.0. The van der Waals surface area contributed by atoms with Crippen LogP contribution in [0, 0.1) is 6.92 Å². The number of aryl methyl sites for hydroxylation is 3. The summed E-state index contributed by atoms with van der Waals surface area (Å²) in [7, 11) is 1.99. The molecule has 0 spiro atoms. The predicted molar refractivity (Wildman–Crippen MR) is 76.4 cm³/mol. The first kappa shape index (κ1) is 13.8. The minimum Gasteiger partial charge on any atom is -0.310 e. The number of hydrogen-bond acceptors (Lipinski definition) is 3. The van der Waals surface area contributed by atoms with Crippen molar-refractivity contribution in [3.8, 4) is 5.82 Å². The molecule has 2 aromatic rings. The average molecular weight is 261 g/mol. The molecule has 0 aliphatic carbocycles. The van der Waals surface area contributed by atoms with Crippen molar-refractivity contribution in [2.75, 3.05) is 0 Å². The lowest BCUT2D eigenvalue weighted by atomic mass is 10.2. The van der Waals surface area contributed by atoms with E-state index in [1.807, 2.05) is 24.1 Å². The summed E-state index contributed by atoms with van der Waals surface area (Å²) in [6.07, 6.45) is 4.77. The van der Waals surface area contributed by atoms with E-state index in [0.29, 0.717) is 6.04 Å². The lowest BCUT2D eigenvalue weighted by Crippen LogP contribution is -2.23. The van der Waals surface area contributed by atoms with Gasteiger partial charge in [0.05, 0.1) is 5.69 Å². The van der Waals surface area contributed by atoms with Crippen LogP contribution in [0.4, 0.5) is 0 Å². The van der Waals surface area contributed by atoms with Crippen LogP contribution in [0.25, 0.3) is 5.82 Å². The van der Waals surface area contributed by atoms with Crippen LogP contribution in [0.5, 0.6) is 0 Å². The normalized spacial score (nSPS) is 11.5. The standard InChI is InChI=1S/C14H23N5/c1-6-13-15-7-8-19(13)14-12(9-16-10(2)3)11(4)17-18(14)5/h7-8,10,16H,6,9H2,1-5H3. The smallest absolute Gasteiger partial charge is 0.140 e. The van der Waals surface area contributed by atoms with Crippen LogP contribution in [0.15, 0.2) is 12.4 Å². The molecule has 5 nitrogen and oxygen atoms in total. The van der Waals surface area contributed by atoms with Crippen LogP contribution in [-0.2, 0) is 20.0 Å². The Hall–Kier alpha value is -1.62. The second-order valence-electron chi connectivity index (χ2n) is 5.11. The quantitative estimate of drug-likeness (QED) is 0.895. The van der Waals surface area contributed by atoms with Crippen molar-refractivity contribution in [2.45, 2.75) is 46.7 Å². The van der Waals surface area contributed by atoms with Gasteiger partial charge in [0, 0.05) is 44.0 Å². The zero-order valence-electron chi connectivity index (χ0n) is 12.4. The molecular formula is C14H23N5. The summed E-state index contributed by atoms with van der Waals surface area (Å²) in [6, 6.07) is 0.459. The molecule has 2 aromatic heterocycles. The highest BCUT2D eigenvalue weighted by Crippen LogP contribution is 2.19. The zero-order valence-corrected chi connectivity index (χ0v) is 12.4. The predicted octanol–water partition coefficient (Wildman–Crippen LogP) is 1.97. The number of nitrogens with one attached hydrogen (secondary N) is 1. The lowest BCUT2D eigenvalue weighted by molar-refractivity contribution is 0.585. The van der Waals surface area contributed by atoms with Crippen molar-refractivity contribution in [3.05, 3.63) is 29.5 Å². The van der Waals surface area contributed by atoms with E-state index < -0.39 is 0 Å². The molecule has 0 fully saturated rings. The van der Waals surface area contributed by atoms with Crippen LogP contribution in [-0.4, -0.2) is 25.4 Å². The van der Waals surface area contributed by atoms with Gasteiger partial charge in [-0.2, -0.15) is 5.10 Å². The molecule has 5 heteroatoms. The molecule has 0 amide bonds. The largest absolute Gasteiger partial charge is 0.310 e. The maximum Gasteiger partial charge on any atom is 0.140 e. The van der Waals surface area contributed by atoms with Gasteiger partial charge < -0.3 is 5.32 Å². The lowest BCUT2D eigenvalue weighted by Gasteiger charge is -2.12. The molecule has 104 valence electrons. The van der Waals surface area contributed by atoms with E-state index in [1.165, 1.54) is 5.56 Å². The first-order chi connectivity index (χ1) is 9.04. The molecule has 0 atom stereocenters. The Labute approximate surface area is 114 Å². The maximum absolute atomic E-state index is 4.55.